The van der Waals surface area contributed by atoms with Gasteiger partial charge in [0.1, 0.15) is 5.75 Å². The van der Waals surface area contributed by atoms with Gasteiger partial charge in [-0.1, -0.05) is 0 Å². The number of phenols is 1. The molecule has 0 saturated carbocycles. The molecule has 7 heteroatoms. The fourth-order valence-electron chi connectivity index (χ4n) is 2.01. The van der Waals surface area contributed by atoms with Crippen LogP contribution < -0.4 is 0 Å². The number of aromatic hydroxyl groups is 1. The monoisotopic (exact) mass is 346 g/mol. The fourth-order valence-corrected chi connectivity index (χ4v) is 2.01. The van der Waals surface area contributed by atoms with Crippen LogP contribution >= 0.6 is 0 Å². The predicted octanol–water partition coefficient (Wildman–Crippen LogP) is 5.92. The number of carbonyl (C=O) groups is 1. The van der Waals surface area contributed by atoms with Crippen LogP contribution in [0, 0.1) is 0 Å². The standard InChI is InChI=1S/C19H14N4O3/c24-18-11-9-17(10-12-18)23-22-16-7-5-15(6-8-16)21-20-14-3-1-13(2-4-14)19(25)26/h1-12,24H,(H,25,26). The van der Waals surface area contributed by atoms with Crippen LogP contribution in [0.1, 0.15) is 10.4 Å². The number of rotatable bonds is 5. The summed E-state index contributed by atoms with van der Waals surface area (Å²) in [6.07, 6.45) is 0. The minimum atomic E-state index is -0.981. The molecule has 0 aromatic heterocycles. The van der Waals surface area contributed by atoms with Crippen LogP contribution in [0.4, 0.5) is 22.7 Å². The summed E-state index contributed by atoms with van der Waals surface area (Å²) in [4.78, 5) is 10.8. The fraction of sp³-hybridized carbons (Fsp3) is 0. The Balaban J connectivity index is 1.65. The van der Waals surface area contributed by atoms with Gasteiger partial charge in [-0.15, -0.1) is 0 Å². The van der Waals surface area contributed by atoms with Gasteiger partial charge in [-0.25, -0.2) is 4.79 Å². The molecule has 0 aliphatic rings. The number of benzene rings is 3. The summed E-state index contributed by atoms with van der Waals surface area (Å²) in [7, 11) is 0. The number of aromatic carboxylic acids is 1. The van der Waals surface area contributed by atoms with Gasteiger partial charge in [0.05, 0.1) is 28.3 Å². The first-order valence-electron chi connectivity index (χ1n) is 7.66. The number of azo groups is 2. The molecule has 0 heterocycles. The van der Waals surface area contributed by atoms with Crippen molar-refractivity contribution in [2.45, 2.75) is 0 Å². The van der Waals surface area contributed by atoms with E-state index in [9.17, 15) is 9.90 Å². The van der Waals surface area contributed by atoms with E-state index in [0.29, 0.717) is 22.7 Å². The van der Waals surface area contributed by atoms with E-state index in [0.717, 1.165) is 0 Å². The minimum Gasteiger partial charge on any atom is -0.508 e. The molecule has 3 rings (SSSR count). The Morgan fingerprint density at radius 2 is 0.885 bits per heavy atom. The Morgan fingerprint density at radius 1 is 0.577 bits per heavy atom. The molecule has 0 aliphatic carbocycles. The van der Waals surface area contributed by atoms with Crippen molar-refractivity contribution in [3.05, 3.63) is 78.4 Å². The first kappa shape index (κ1) is 17.0. The highest BCUT2D eigenvalue weighted by Gasteiger charge is 2.01. The minimum absolute atomic E-state index is 0.177. The molecule has 128 valence electrons. The van der Waals surface area contributed by atoms with E-state index in [2.05, 4.69) is 20.5 Å². The Bertz CT molecular complexity index is 948. The van der Waals surface area contributed by atoms with Crippen LogP contribution in [-0.4, -0.2) is 16.2 Å². The first-order chi connectivity index (χ1) is 12.6. The molecule has 26 heavy (non-hydrogen) atoms. The lowest BCUT2D eigenvalue weighted by Gasteiger charge is -1.97. The summed E-state index contributed by atoms with van der Waals surface area (Å²) < 4.78 is 0. The maximum absolute atomic E-state index is 10.8. The zero-order valence-electron chi connectivity index (χ0n) is 13.5. The quantitative estimate of drug-likeness (QED) is 0.560. The van der Waals surface area contributed by atoms with E-state index in [1.54, 1.807) is 60.7 Å². The van der Waals surface area contributed by atoms with Gasteiger partial charge >= 0.3 is 5.97 Å². The Hall–Kier alpha value is -3.87. The predicted molar refractivity (Wildman–Crippen MR) is 96.3 cm³/mol. The number of hydrogen-bond donors (Lipinski definition) is 2. The lowest BCUT2D eigenvalue weighted by molar-refractivity contribution is 0.0697. The van der Waals surface area contributed by atoms with Gasteiger partial charge in [0.15, 0.2) is 0 Å². The van der Waals surface area contributed by atoms with Gasteiger partial charge in [-0.3, -0.25) is 0 Å². The molecule has 0 atom stereocenters. The number of carboxylic acids is 1. The van der Waals surface area contributed by atoms with E-state index in [1.807, 2.05) is 0 Å². The molecule has 0 amide bonds. The van der Waals surface area contributed by atoms with Crippen LogP contribution in [0.25, 0.3) is 0 Å². The van der Waals surface area contributed by atoms with E-state index in [1.165, 1.54) is 12.1 Å². The van der Waals surface area contributed by atoms with Crippen LogP contribution in [-0.2, 0) is 0 Å². The highest BCUT2D eigenvalue weighted by atomic mass is 16.4. The first-order valence-corrected chi connectivity index (χ1v) is 7.66. The van der Waals surface area contributed by atoms with Gasteiger partial charge < -0.3 is 10.2 Å². The van der Waals surface area contributed by atoms with Crippen LogP contribution in [0.2, 0.25) is 0 Å². The normalized spacial score (nSPS) is 11.2. The topological polar surface area (TPSA) is 107 Å². The third kappa shape index (κ3) is 4.57. The molecule has 0 radical (unpaired) electrons. The van der Waals surface area contributed by atoms with E-state index in [-0.39, 0.29) is 11.3 Å². The average Bonchev–Trinajstić information content (AvgIpc) is 2.67. The zero-order valence-corrected chi connectivity index (χ0v) is 13.5. The van der Waals surface area contributed by atoms with Crippen molar-refractivity contribution in [1.29, 1.82) is 0 Å². The van der Waals surface area contributed by atoms with E-state index >= 15 is 0 Å². The number of hydrogen-bond acceptors (Lipinski definition) is 6. The molecule has 0 aliphatic heterocycles. The van der Waals surface area contributed by atoms with Crippen LogP contribution in [0.5, 0.6) is 5.75 Å². The third-order valence-corrected chi connectivity index (χ3v) is 3.38. The maximum atomic E-state index is 10.8. The van der Waals surface area contributed by atoms with Crippen molar-refractivity contribution in [3.8, 4) is 5.75 Å². The zero-order chi connectivity index (χ0) is 18.4. The summed E-state index contributed by atoms with van der Waals surface area (Å²) in [5.74, 6) is -0.804. The smallest absolute Gasteiger partial charge is 0.335 e. The van der Waals surface area contributed by atoms with Crippen LogP contribution in [0.15, 0.2) is 93.3 Å². The second-order valence-corrected chi connectivity index (χ2v) is 5.28. The molecule has 2 N–H and O–H groups in total. The molecule has 0 fully saturated rings. The van der Waals surface area contributed by atoms with Gasteiger partial charge in [0, 0.05) is 0 Å². The molecule has 0 saturated heterocycles. The number of phenolic OH excluding ortho intramolecular Hbond substituents is 1. The number of nitrogens with zero attached hydrogens (tertiary/aromatic N) is 4. The van der Waals surface area contributed by atoms with Crippen LogP contribution in [0.3, 0.4) is 0 Å². The highest BCUT2D eigenvalue weighted by Crippen LogP contribution is 2.24. The molecule has 3 aromatic carbocycles. The summed E-state index contributed by atoms with van der Waals surface area (Å²) in [6.45, 7) is 0. The molecule has 7 nitrogen and oxygen atoms in total. The van der Waals surface area contributed by atoms with E-state index < -0.39 is 5.97 Å². The Labute approximate surface area is 149 Å². The molecular weight excluding hydrogens is 332 g/mol. The SMILES string of the molecule is O=C(O)c1ccc(N=Nc2ccc(N=Nc3ccc(O)cc3)cc2)cc1. The highest BCUT2D eigenvalue weighted by molar-refractivity contribution is 5.87. The molecule has 0 spiro atoms. The lowest BCUT2D eigenvalue weighted by atomic mass is 10.2. The van der Waals surface area contributed by atoms with Crippen molar-refractivity contribution in [2.75, 3.05) is 0 Å². The van der Waals surface area contributed by atoms with Crippen molar-refractivity contribution in [3.63, 3.8) is 0 Å². The van der Waals surface area contributed by atoms with E-state index in [4.69, 9.17) is 5.11 Å². The van der Waals surface area contributed by atoms with Gasteiger partial charge in [0.2, 0.25) is 0 Å². The van der Waals surface area contributed by atoms with Crippen molar-refractivity contribution >= 4 is 28.7 Å². The van der Waals surface area contributed by atoms with Gasteiger partial charge in [0.25, 0.3) is 0 Å². The molecular formula is C19H14N4O3. The van der Waals surface area contributed by atoms with Crippen molar-refractivity contribution in [1.82, 2.24) is 0 Å². The maximum Gasteiger partial charge on any atom is 0.335 e. The summed E-state index contributed by atoms with van der Waals surface area (Å²) in [5.41, 5.74) is 2.69. The largest absolute Gasteiger partial charge is 0.508 e. The summed E-state index contributed by atoms with van der Waals surface area (Å²) in [6, 6.07) is 19.6. The van der Waals surface area contributed by atoms with Gasteiger partial charge in [-0.05, 0) is 72.8 Å². The Morgan fingerprint density at radius 3 is 1.23 bits per heavy atom. The second kappa shape index (κ2) is 7.80. The molecule has 3 aromatic rings. The summed E-state index contributed by atoms with van der Waals surface area (Å²) in [5, 5.41) is 34.4. The number of carboxylic acid groups (broad SMARTS) is 1. The van der Waals surface area contributed by atoms with Crippen molar-refractivity contribution in [2.24, 2.45) is 20.5 Å². The summed E-state index contributed by atoms with van der Waals surface area (Å²) >= 11 is 0. The second-order valence-electron chi connectivity index (χ2n) is 5.28. The Kier molecular flexibility index (Phi) is 5.09. The van der Waals surface area contributed by atoms with Crippen molar-refractivity contribution < 1.29 is 15.0 Å². The third-order valence-electron chi connectivity index (χ3n) is 3.38. The molecule has 0 bridgehead atoms. The lowest BCUT2D eigenvalue weighted by Crippen LogP contribution is -1.93. The van der Waals surface area contributed by atoms with Gasteiger partial charge in [-0.2, -0.15) is 20.5 Å². The molecule has 0 unspecified atom stereocenters. The average molecular weight is 346 g/mol.